The van der Waals surface area contributed by atoms with Gasteiger partial charge in [-0.2, -0.15) is 0 Å². The third-order valence-corrected chi connectivity index (χ3v) is 3.73. The number of hydrogen-bond acceptors (Lipinski definition) is 4. The van der Waals surface area contributed by atoms with Crippen LogP contribution in [0.3, 0.4) is 0 Å². The minimum atomic E-state index is 0.690. The fraction of sp³-hybridized carbons (Fsp3) is 0.500. The highest BCUT2D eigenvalue weighted by atomic mass is 16.3. The molecule has 1 aromatic heterocycles. The van der Waals surface area contributed by atoms with Crippen molar-refractivity contribution >= 4 is 16.8 Å². The standard InChI is InChI=1S/C14H19N3O/c1-10-5-7-17(8-6-10)9-13-16-14-11(15)3-2-4-12(14)18-13/h2-4,10H,5-9,15H2,1H3. The molecule has 0 bridgehead atoms. The molecule has 1 aliphatic rings. The lowest BCUT2D eigenvalue weighted by Crippen LogP contribution is -2.32. The molecule has 0 atom stereocenters. The molecule has 0 unspecified atom stereocenters. The van der Waals surface area contributed by atoms with Gasteiger partial charge in [-0.1, -0.05) is 13.0 Å². The average Bonchev–Trinajstić information content (AvgIpc) is 2.76. The maximum absolute atomic E-state index is 5.88. The maximum atomic E-state index is 5.88. The lowest BCUT2D eigenvalue weighted by atomic mass is 9.99. The molecule has 4 nitrogen and oxygen atoms in total. The molecule has 0 amide bonds. The molecule has 0 spiro atoms. The van der Waals surface area contributed by atoms with Gasteiger partial charge in [0.25, 0.3) is 0 Å². The predicted molar refractivity (Wildman–Crippen MR) is 72.1 cm³/mol. The van der Waals surface area contributed by atoms with Crippen molar-refractivity contribution in [1.29, 1.82) is 0 Å². The number of benzene rings is 1. The summed E-state index contributed by atoms with van der Waals surface area (Å²) in [6.07, 6.45) is 2.53. The molecule has 0 saturated carbocycles. The van der Waals surface area contributed by atoms with E-state index in [4.69, 9.17) is 10.2 Å². The molecular formula is C14H19N3O. The Bertz CT molecular complexity index is 541. The summed E-state index contributed by atoms with van der Waals surface area (Å²) in [4.78, 5) is 6.90. The van der Waals surface area contributed by atoms with Gasteiger partial charge >= 0.3 is 0 Å². The molecule has 2 heterocycles. The number of hydrogen-bond donors (Lipinski definition) is 1. The summed E-state index contributed by atoms with van der Waals surface area (Å²) in [5.74, 6) is 1.62. The molecule has 0 aliphatic carbocycles. The number of rotatable bonds is 2. The van der Waals surface area contributed by atoms with E-state index in [0.29, 0.717) is 5.69 Å². The van der Waals surface area contributed by atoms with Gasteiger partial charge in [-0.25, -0.2) is 4.98 Å². The number of fused-ring (bicyclic) bond motifs is 1. The number of likely N-dealkylation sites (tertiary alicyclic amines) is 1. The molecule has 3 rings (SSSR count). The van der Waals surface area contributed by atoms with E-state index in [1.54, 1.807) is 0 Å². The smallest absolute Gasteiger partial charge is 0.209 e. The maximum Gasteiger partial charge on any atom is 0.209 e. The van der Waals surface area contributed by atoms with Gasteiger partial charge in [0.1, 0.15) is 5.52 Å². The Morgan fingerprint density at radius 1 is 1.39 bits per heavy atom. The first kappa shape index (κ1) is 11.5. The number of para-hydroxylation sites is 1. The molecule has 2 aromatic rings. The number of oxazole rings is 1. The molecule has 0 radical (unpaired) electrons. The van der Waals surface area contributed by atoms with Crippen molar-refractivity contribution in [3.05, 3.63) is 24.1 Å². The number of nitrogens with two attached hydrogens (primary N) is 1. The van der Waals surface area contributed by atoms with Crippen molar-refractivity contribution in [2.24, 2.45) is 5.92 Å². The highest BCUT2D eigenvalue weighted by Crippen LogP contribution is 2.23. The summed E-state index contributed by atoms with van der Waals surface area (Å²) in [6, 6.07) is 5.67. The Morgan fingerprint density at radius 3 is 2.89 bits per heavy atom. The molecule has 96 valence electrons. The molecule has 1 fully saturated rings. The zero-order valence-corrected chi connectivity index (χ0v) is 10.7. The van der Waals surface area contributed by atoms with Crippen LogP contribution in [0.1, 0.15) is 25.7 Å². The SMILES string of the molecule is CC1CCN(Cc2nc3c(N)cccc3o2)CC1. The molecular weight excluding hydrogens is 226 g/mol. The second-order valence-corrected chi connectivity index (χ2v) is 5.26. The lowest BCUT2D eigenvalue weighted by Gasteiger charge is -2.28. The van der Waals surface area contributed by atoms with Crippen molar-refractivity contribution in [2.75, 3.05) is 18.8 Å². The van der Waals surface area contributed by atoms with Crippen molar-refractivity contribution in [3.8, 4) is 0 Å². The Hall–Kier alpha value is -1.55. The van der Waals surface area contributed by atoms with Crippen LogP contribution in [-0.2, 0) is 6.54 Å². The molecule has 18 heavy (non-hydrogen) atoms. The van der Waals surface area contributed by atoms with Crippen molar-refractivity contribution in [3.63, 3.8) is 0 Å². The van der Waals surface area contributed by atoms with E-state index in [1.807, 2.05) is 18.2 Å². The van der Waals surface area contributed by atoms with Gasteiger partial charge in [0.2, 0.25) is 5.89 Å². The van der Waals surface area contributed by atoms with E-state index in [1.165, 1.54) is 12.8 Å². The summed E-state index contributed by atoms with van der Waals surface area (Å²) in [5, 5.41) is 0. The van der Waals surface area contributed by atoms with E-state index in [-0.39, 0.29) is 0 Å². The summed E-state index contributed by atoms with van der Waals surface area (Å²) >= 11 is 0. The fourth-order valence-electron chi connectivity index (χ4n) is 2.49. The highest BCUT2D eigenvalue weighted by molar-refractivity contribution is 5.85. The quantitative estimate of drug-likeness (QED) is 0.826. The van der Waals surface area contributed by atoms with Crippen LogP contribution < -0.4 is 5.73 Å². The zero-order chi connectivity index (χ0) is 12.5. The van der Waals surface area contributed by atoms with Crippen LogP contribution in [0.15, 0.2) is 22.6 Å². The lowest BCUT2D eigenvalue weighted by molar-refractivity contribution is 0.172. The highest BCUT2D eigenvalue weighted by Gasteiger charge is 2.18. The number of aromatic nitrogens is 1. The van der Waals surface area contributed by atoms with E-state index >= 15 is 0 Å². The van der Waals surface area contributed by atoms with Crippen LogP contribution in [-0.4, -0.2) is 23.0 Å². The Balaban J connectivity index is 1.77. The monoisotopic (exact) mass is 245 g/mol. The molecule has 4 heteroatoms. The first-order chi connectivity index (χ1) is 8.72. The zero-order valence-electron chi connectivity index (χ0n) is 10.7. The summed E-state index contributed by atoms with van der Waals surface area (Å²) in [6.45, 7) is 5.38. The van der Waals surface area contributed by atoms with Crippen LogP contribution in [0.25, 0.3) is 11.1 Å². The van der Waals surface area contributed by atoms with Gasteiger partial charge in [0, 0.05) is 0 Å². The molecule has 1 aromatic carbocycles. The molecule has 1 aliphatic heterocycles. The fourth-order valence-corrected chi connectivity index (χ4v) is 2.49. The first-order valence-corrected chi connectivity index (χ1v) is 6.58. The van der Waals surface area contributed by atoms with Crippen molar-refractivity contribution < 1.29 is 4.42 Å². The second kappa shape index (κ2) is 4.61. The van der Waals surface area contributed by atoms with Gasteiger partial charge in [-0.15, -0.1) is 0 Å². The summed E-state index contributed by atoms with van der Waals surface area (Å²) < 4.78 is 5.75. The van der Waals surface area contributed by atoms with Crippen molar-refractivity contribution in [1.82, 2.24) is 9.88 Å². The van der Waals surface area contributed by atoms with Gasteiger partial charge in [0.15, 0.2) is 5.58 Å². The first-order valence-electron chi connectivity index (χ1n) is 6.58. The normalized spacial score (nSPS) is 18.5. The Labute approximate surface area is 107 Å². The van der Waals surface area contributed by atoms with Gasteiger partial charge in [-0.3, -0.25) is 4.90 Å². The van der Waals surface area contributed by atoms with Crippen LogP contribution in [0.2, 0.25) is 0 Å². The second-order valence-electron chi connectivity index (χ2n) is 5.26. The van der Waals surface area contributed by atoms with Crippen LogP contribution in [0.4, 0.5) is 5.69 Å². The van der Waals surface area contributed by atoms with E-state index in [2.05, 4.69) is 16.8 Å². The van der Waals surface area contributed by atoms with E-state index in [0.717, 1.165) is 42.5 Å². The third-order valence-electron chi connectivity index (χ3n) is 3.73. The third kappa shape index (κ3) is 2.20. The van der Waals surface area contributed by atoms with Crippen LogP contribution in [0.5, 0.6) is 0 Å². The van der Waals surface area contributed by atoms with E-state index < -0.39 is 0 Å². The summed E-state index contributed by atoms with van der Waals surface area (Å²) in [7, 11) is 0. The van der Waals surface area contributed by atoms with E-state index in [9.17, 15) is 0 Å². The van der Waals surface area contributed by atoms with Crippen molar-refractivity contribution in [2.45, 2.75) is 26.3 Å². The molecule has 1 saturated heterocycles. The minimum Gasteiger partial charge on any atom is -0.439 e. The van der Waals surface area contributed by atoms with Gasteiger partial charge in [0.05, 0.1) is 12.2 Å². The van der Waals surface area contributed by atoms with Crippen LogP contribution in [0, 0.1) is 5.92 Å². The summed E-state index contributed by atoms with van der Waals surface area (Å²) in [5.41, 5.74) is 8.15. The van der Waals surface area contributed by atoms with Crippen LogP contribution >= 0.6 is 0 Å². The Morgan fingerprint density at radius 2 is 2.17 bits per heavy atom. The number of anilines is 1. The number of nitrogens with zero attached hydrogens (tertiary/aromatic N) is 2. The largest absolute Gasteiger partial charge is 0.439 e. The number of piperidine rings is 1. The minimum absolute atomic E-state index is 0.690. The van der Waals surface area contributed by atoms with Gasteiger partial charge in [-0.05, 0) is 44.0 Å². The molecule has 2 N–H and O–H groups in total. The van der Waals surface area contributed by atoms with Gasteiger partial charge < -0.3 is 10.2 Å². The topological polar surface area (TPSA) is 55.3 Å². The predicted octanol–water partition coefficient (Wildman–Crippen LogP) is 2.64. The Kier molecular flexibility index (Phi) is 2.96. The number of nitrogen functional groups attached to an aromatic ring is 1. The average molecular weight is 245 g/mol.